The fourth-order valence-corrected chi connectivity index (χ4v) is 4.24. The molecule has 0 bridgehead atoms. The van der Waals surface area contributed by atoms with Gasteiger partial charge in [0.25, 0.3) is 0 Å². The van der Waals surface area contributed by atoms with E-state index in [0.29, 0.717) is 25.9 Å². The number of rotatable bonds is 17. The van der Waals surface area contributed by atoms with Crippen molar-refractivity contribution in [3.05, 3.63) is 60.7 Å². The van der Waals surface area contributed by atoms with Gasteiger partial charge in [0.2, 0.25) is 11.8 Å². The Morgan fingerprint density at radius 1 is 0.529 bits per heavy atom. The van der Waals surface area contributed by atoms with E-state index in [1.165, 1.54) is 38.5 Å². The number of anilines is 2. The molecule has 4 heteroatoms. The second-order valence-electron chi connectivity index (χ2n) is 9.09. The number of unbranched alkanes of at least 4 members (excludes halogenated alkanes) is 8. The summed E-state index contributed by atoms with van der Waals surface area (Å²) in [4.78, 5) is 30.1. The van der Waals surface area contributed by atoms with Crippen molar-refractivity contribution in [2.24, 2.45) is 0 Å². The summed E-state index contributed by atoms with van der Waals surface area (Å²) in [6, 6.07) is 19.7. The van der Waals surface area contributed by atoms with Crippen molar-refractivity contribution in [1.82, 2.24) is 0 Å². The van der Waals surface area contributed by atoms with Crippen molar-refractivity contribution in [3.8, 4) is 0 Å². The minimum Gasteiger partial charge on any atom is -0.311 e. The van der Waals surface area contributed by atoms with Crippen LogP contribution in [0.3, 0.4) is 0 Å². The normalized spacial score (nSPS) is 10.8. The van der Waals surface area contributed by atoms with Gasteiger partial charge < -0.3 is 9.80 Å². The van der Waals surface area contributed by atoms with E-state index in [1.54, 1.807) is 0 Å². The molecular formula is C30H44N2O2. The Hall–Kier alpha value is -2.62. The first kappa shape index (κ1) is 27.6. The van der Waals surface area contributed by atoms with Crippen LogP contribution in [0, 0.1) is 0 Å². The number of hydrogen-bond donors (Lipinski definition) is 0. The molecule has 0 aromatic heterocycles. The van der Waals surface area contributed by atoms with E-state index in [0.717, 1.165) is 37.1 Å². The Morgan fingerprint density at radius 3 is 1.24 bits per heavy atom. The maximum atomic E-state index is 13.2. The third kappa shape index (κ3) is 10.1. The first-order valence-corrected chi connectivity index (χ1v) is 13.4. The van der Waals surface area contributed by atoms with Crippen LogP contribution in [0.25, 0.3) is 0 Å². The maximum absolute atomic E-state index is 13.2. The molecule has 0 radical (unpaired) electrons. The van der Waals surface area contributed by atoms with Gasteiger partial charge in [0.15, 0.2) is 0 Å². The van der Waals surface area contributed by atoms with Crippen LogP contribution in [0.15, 0.2) is 60.7 Å². The molecule has 0 aliphatic heterocycles. The molecule has 0 heterocycles. The van der Waals surface area contributed by atoms with Crippen LogP contribution < -0.4 is 9.80 Å². The predicted octanol–water partition coefficient (Wildman–Crippen LogP) is 7.77. The topological polar surface area (TPSA) is 40.6 Å². The molecule has 2 rings (SSSR count). The van der Waals surface area contributed by atoms with Crippen molar-refractivity contribution < 1.29 is 9.59 Å². The number of nitrogens with zero attached hydrogens (tertiary/aromatic N) is 2. The zero-order chi connectivity index (χ0) is 24.4. The Morgan fingerprint density at radius 2 is 0.882 bits per heavy atom. The molecule has 0 fully saturated rings. The number of para-hydroxylation sites is 2. The molecule has 0 unspecified atom stereocenters. The van der Waals surface area contributed by atoms with Gasteiger partial charge in [0, 0.05) is 37.3 Å². The number of hydrogen-bond acceptors (Lipinski definition) is 2. The van der Waals surface area contributed by atoms with E-state index in [-0.39, 0.29) is 11.8 Å². The highest BCUT2D eigenvalue weighted by Crippen LogP contribution is 2.20. The van der Waals surface area contributed by atoms with Crippen LogP contribution in [0.2, 0.25) is 0 Å². The molecule has 186 valence electrons. The van der Waals surface area contributed by atoms with Crippen molar-refractivity contribution in [1.29, 1.82) is 0 Å². The Kier molecular flexibility index (Phi) is 13.7. The molecule has 0 N–H and O–H groups in total. The lowest BCUT2D eigenvalue weighted by Gasteiger charge is -2.28. The molecule has 0 aliphatic carbocycles. The summed E-state index contributed by atoms with van der Waals surface area (Å²) in [5.74, 6) is 0.283. The summed E-state index contributed by atoms with van der Waals surface area (Å²) in [6.07, 6.45) is 12.3. The predicted molar refractivity (Wildman–Crippen MR) is 144 cm³/mol. The molecule has 4 nitrogen and oxygen atoms in total. The van der Waals surface area contributed by atoms with Crippen molar-refractivity contribution in [2.75, 3.05) is 22.9 Å². The fourth-order valence-electron chi connectivity index (χ4n) is 4.24. The zero-order valence-electron chi connectivity index (χ0n) is 21.4. The van der Waals surface area contributed by atoms with E-state index in [4.69, 9.17) is 0 Å². The van der Waals surface area contributed by atoms with Crippen molar-refractivity contribution >= 4 is 23.2 Å². The van der Waals surface area contributed by atoms with Gasteiger partial charge in [-0.15, -0.1) is 0 Å². The first-order chi connectivity index (χ1) is 16.7. The molecule has 0 spiro atoms. The third-order valence-electron chi connectivity index (χ3n) is 6.27. The highest BCUT2D eigenvalue weighted by molar-refractivity contribution is 5.95. The summed E-state index contributed by atoms with van der Waals surface area (Å²) in [5.41, 5.74) is 1.81. The van der Waals surface area contributed by atoms with Crippen LogP contribution in [0.5, 0.6) is 0 Å². The van der Waals surface area contributed by atoms with Crippen LogP contribution in [0.4, 0.5) is 11.4 Å². The minimum absolute atomic E-state index is 0.141. The quantitative estimate of drug-likeness (QED) is 0.224. The molecular weight excluding hydrogens is 420 g/mol. The smallest absolute Gasteiger partial charge is 0.227 e. The van der Waals surface area contributed by atoms with Gasteiger partial charge in [0.1, 0.15) is 0 Å². The number of benzene rings is 2. The second kappa shape index (κ2) is 16.9. The van der Waals surface area contributed by atoms with Crippen LogP contribution in [0.1, 0.15) is 90.9 Å². The van der Waals surface area contributed by atoms with Gasteiger partial charge in [-0.25, -0.2) is 0 Å². The second-order valence-corrected chi connectivity index (χ2v) is 9.09. The zero-order valence-corrected chi connectivity index (χ0v) is 21.4. The maximum Gasteiger partial charge on any atom is 0.227 e. The lowest BCUT2D eigenvalue weighted by atomic mass is 10.1. The number of amides is 2. The molecule has 2 amide bonds. The average Bonchev–Trinajstić information content (AvgIpc) is 2.87. The highest BCUT2D eigenvalue weighted by Gasteiger charge is 2.20. The molecule has 0 saturated carbocycles. The van der Waals surface area contributed by atoms with Gasteiger partial charge in [-0.05, 0) is 37.1 Å². The van der Waals surface area contributed by atoms with Gasteiger partial charge in [-0.1, -0.05) is 102 Å². The van der Waals surface area contributed by atoms with E-state index in [9.17, 15) is 9.59 Å². The van der Waals surface area contributed by atoms with Gasteiger partial charge in [-0.3, -0.25) is 9.59 Å². The van der Waals surface area contributed by atoms with Crippen molar-refractivity contribution in [2.45, 2.75) is 90.9 Å². The molecule has 0 aliphatic rings. The number of carbonyl (C=O) groups is 2. The summed E-state index contributed by atoms with van der Waals surface area (Å²) in [5, 5.41) is 0. The Bertz CT molecular complexity index is 738. The Balaban J connectivity index is 2.05. The average molecular weight is 465 g/mol. The standard InChI is InChI=1S/C30H44N2O2/c1-3-5-7-9-17-23-29(33)31(27-19-13-11-14-20-27)25-26-32(28-21-15-12-16-22-28)30(34)24-18-10-8-6-4-2/h11-16,19-22H,3-10,17-18,23-26H2,1-2H3. The Labute approximate surface area is 207 Å². The third-order valence-corrected chi connectivity index (χ3v) is 6.27. The SMILES string of the molecule is CCCCCCCC(=O)N(CCN(C(=O)CCCCCCC)c1ccccc1)c1ccccc1. The molecule has 2 aromatic carbocycles. The first-order valence-electron chi connectivity index (χ1n) is 13.4. The lowest BCUT2D eigenvalue weighted by molar-refractivity contribution is -0.120. The minimum atomic E-state index is 0.141. The van der Waals surface area contributed by atoms with Gasteiger partial charge in [-0.2, -0.15) is 0 Å². The summed E-state index contributed by atoms with van der Waals surface area (Å²) in [7, 11) is 0. The van der Waals surface area contributed by atoms with Gasteiger partial charge >= 0.3 is 0 Å². The summed E-state index contributed by atoms with van der Waals surface area (Å²) in [6.45, 7) is 5.39. The molecule has 0 saturated heterocycles. The monoisotopic (exact) mass is 464 g/mol. The van der Waals surface area contributed by atoms with E-state index in [2.05, 4.69) is 13.8 Å². The largest absolute Gasteiger partial charge is 0.311 e. The van der Waals surface area contributed by atoms with Crippen LogP contribution in [-0.2, 0) is 9.59 Å². The highest BCUT2D eigenvalue weighted by atomic mass is 16.2. The van der Waals surface area contributed by atoms with E-state index < -0.39 is 0 Å². The van der Waals surface area contributed by atoms with E-state index >= 15 is 0 Å². The summed E-state index contributed by atoms with van der Waals surface area (Å²) < 4.78 is 0. The van der Waals surface area contributed by atoms with Crippen molar-refractivity contribution in [3.63, 3.8) is 0 Å². The number of carbonyl (C=O) groups excluding carboxylic acids is 2. The van der Waals surface area contributed by atoms with Gasteiger partial charge in [0.05, 0.1) is 0 Å². The van der Waals surface area contributed by atoms with Crippen LogP contribution in [-0.4, -0.2) is 24.9 Å². The van der Waals surface area contributed by atoms with Crippen LogP contribution >= 0.6 is 0 Å². The molecule has 0 atom stereocenters. The lowest BCUT2D eigenvalue weighted by Crippen LogP contribution is -2.41. The van der Waals surface area contributed by atoms with E-state index in [1.807, 2.05) is 70.5 Å². The fraction of sp³-hybridized carbons (Fsp3) is 0.533. The molecule has 34 heavy (non-hydrogen) atoms. The molecule has 2 aromatic rings. The summed E-state index contributed by atoms with van der Waals surface area (Å²) >= 11 is 0.